The number of aromatic nitrogens is 2. The number of pyridine rings is 1. The van der Waals surface area contributed by atoms with Gasteiger partial charge in [-0.05, 0) is 0 Å². The minimum Gasteiger partial charge on any atom is -0.406 e. The van der Waals surface area contributed by atoms with Crippen LogP contribution in [0.4, 0.5) is 0 Å². The fourth-order valence-electron chi connectivity index (χ4n) is 1.13. The predicted molar refractivity (Wildman–Crippen MR) is 53.2 cm³/mol. The van der Waals surface area contributed by atoms with E-state index in [0.717, 1.165) is 0 Å². The first-order valence-corrected chi connectivity index (χ1v) is 4.38. The fraction of sp³-hybridized carbons (Fsp3) is 0.200. The Morgan fingerprint density at radius 3 is 3.27 bits per heavy atom. The van der Waals surface area contributed by atoms with E-state index in [-0.39, 0.29) is 6.61 Å². The van der Waals surface area contributed by atoms with Gasteiger partial charge in [-0.25, -0.2) is 9.78 Å². The summed E-state index contributed by atoms with van der Waals surface area (Å²) in [5.74, 6) is 5.02. The molecule has 0 aromatic carbocycles. The zero-order valence-corrected chi connectivity index (χ0v) is 7.78. The molecule has 0 fully saturated rings. The molecule has 0 spiro atoms. The lowest BCUT2D eigenvalue weighted by Gasteiger charge is -1.88. The molecule has 0 aliphatic rings. The van der Waals surface area contributed by atoms with E-state index in [1.807, 2.05) is 0 Å². The molecule has 5 nitrogen and oxygen atoms in total. The fourth-order valence-corrected chi connectivity index (χ4v) is 1.13. The van der Waals surface area contributed by atoms with Gasteiger partial charge < -0.3 is 9.52 Å². The van der Waals surface area contributed by atoms with Crippen molar-refractivity contribution >= 4 is 11.2 Å². The number of nitrogens with one attached hydrogen (secondary N) is 1. The number of rotatable bonds is 1. The molecule has 0 unspecified atom stereocenters. The summed E-state index contributed by atoms with van der Waals surface area (Å²) in [6, 6.07) is 1.63. The highest BCUT2D eigenvalue weighted by Crippen LogP contribution is 2.07. The van der Waals surface area contributed by atoms with Gasteiger partial charge in [-0.1, -0.05) is 11.8 Å². The standard InChI is InChI=1S/C10H8N2O3/c13-4-2-1-3-7-5-8-9(11-6-7)12-10(14)15-8/h5-6,13H,2,4H2,(H,11,12,14). The third kappa shape index (κ3) is 2.06. The summed E-state index contributed by atoms with van der Waals surface area (Å²) >= 11 is 0. The second-order valence-corrected chi connectivity index (χ2v) is 2.86. The van der Waals surface area contributed by atoms with E-state index in [1.54, 1.807) is 6.07 Å². The van der Waals surface area contributed by atoms with Gasteiger partial charge in [0.25, 0.3) is 0 Å². The van der Waals surface area contributed by atoms with Crippen molar-refractivity contribution < 1.29 is 9.52 Å². The average molecular weight is 204 g/mol. The number of aliphatic hydroxyl groups is 1. The van der Waals surface area contributed by atoms with E-state index < -0.39 is 5.76 Å². The van der Waals surface area contributed by atoms with E-state index in [1.165, 1.54) is 6.20 Å². The monoisotopic (exact) mass is 204 g/mol. The highest BCUT2D eigenvalue weighted by atomic mass is 16.4. The Morgan fingerprint density at radius 2 is 2.47 bits per heavy atom. The number of nitrogens with zero attached hydrogens (tertiary/aromatic N) is 1. The second kappa shape index (κ2) is 3.98. The van der Waals surface area contributed by atoms with Gasteiger partial charge in [-0.3, -0.25) is 4.98 Å². The molecule has 2 heterocycles. The molecule has 0 saturated heterocycles. The molecule has 0 aliphatic heterocycles. The second-order valence-electron chi connectivity index (χ2n) is 2.86. The molecular formula is C10H8N2O3. The topological polar surface area (TPSA) is 79.1 Å². The molecule has 2 rings (SSSR count). The zero-order valence-electron chi connectivity index (χ0n) is 7.78. The zero-order chi connectivity index (χ0) is 10.7. The SMILES string of the molecule is O=c1[nH]c2ncc(C#CCCO)cc2o1. The van der Waals surface area contributed by atoms with E-state index >= 15 is 0 Å². The Morgan fingerprint density at radius 1 is 1.60 bits per heavy atom. The largest absolute Gasteiger partial charge is 0.418 e. The Bertz CT molecular complexity index is 586. The van der Waals surface area contributed by atoms with Crippen molar-refractivity contribution in [3.8, 4) is 11.8 Å². The summed E-state index contributed by atoms with van der Waals surface area (Å²) in [6.45, 7) is 0.0297. The van der Waals surface area contributed by atoms with Crippen LogP contribution in [0, 0.1) is 11.8 Å². The summed E-state index contributed by atoms with van der Waals surface area (Å²) in [5, 5.41) is 8.54. The first-order chi connectivity index (χ1) is 7.29. The van der Waals surface area contributed by atoms with Crippen molar-refractivity contribution in [3.63, 3.8) is 0 Å². The molecule has 2 aromatic heterocycles. The Labute approximate surface area is 84.8 Å². The molecule has 0 amide bonds. The summed E-state index contributed by atoms with van der Waals surface area (Å²) in [7, 11) is 0. The summed E-state index contributed by atoms with van der Waals surface area (Å²) in [6.07, 6.45) is 1.95. The average Bonchev–Trinajstić information content (AvgIpc) is 2.57. The summed E-state index contributed by atoms with van der Waals surface area (Å²) in [4.78, 5) is 17.2. The molecule has 76 valence electrons. The van der Waals surface area contributed by atoms with Crippen molar-refractivity contribution in [2.45, 2.75) is 6.42 Å². The molecule has 0 atom stereocenters. The van der Waals surface area contributed by atoms with Crippen LogP contribution in [0.25, 0.3) is 11.2 Å². The maximum Gasteiger partial charge on any atom is 0.418 e. The molecule has 2 aromatic rings. The highest BCUT2D eigenvalue weighted by Gasteiger charge is 2.01. The van der Waals surface area contributed by atoms with Crippen molar-refractivity contribution in [2.75, 3.05) is 6.61 Å². The third-order valence-corrected chi connectivity index (χ3v) is 1.75. The Hall–Kier alpha value is -2.06. The van der Waals surface area contributed by atoms with Crippen LogP contribution in [0.2, 0.25) is 0 Å². The smallest absolute Gasteiger partial charge is 0.406 e. The van der Waals surface area contributed by atoms with Crippen LogP contribution in [-0.4, -0.2) is 21.7 Å². The van der Waals surface area contributed by atoms with E-state index in [4.69, 9.17) is 9.52 Å². The lowest BCUT2D eigenvalue weighted by Crippen LogP contribution is -1.93. The van der Waals surface area contributed by atoms with E-state index in [0.29, 0.717) is 23.2 Å². The highest BCUT2D eigenvalue weighted by molar-refractivity contribution is 5.68. The molecule has 15 heavy (non-hydrogen) atoms. The first-order valence-electron chi connectivity index (χ1n) is 4.38. The van der Waals surface area contributed by atoms with Crippen LogP contribution in [0.5, 0.6) is 0 Å². The maximum atomic E-state index is 10.8. The molecule has 0 aliphatic carbocycles. The molecule has 0 bridgehead atoms. The quantitative estimate of drug-likeness (QED) is 0.652. The van der Waals surface area contributed by atoms with Crippen molar-refractivity contribution in [2.24, 2.45) is 0 Å². The predicted octanol–water partition coefficient (Wildman–Crippen LogP) is 0.250. The van der Waals surface area contributed by atoms with Gasteiger partial charge in [0.1, 0.15) is 0 Å². The summed E-state index contributed by atoms with van der Waals surface area (Å²) < 4.78 is 4.82. The first kappa shape index (κ1) is 9.49. The van der Waals surface area contributed by atoms with Crippen LogP contribution >= 0.6 is 0 Å². The summed E-state index contributed by atoms with van der Waals surface area (Å²) in [5.41, 5.74) is 1.45. The molecule has 2 N–H and O–H groups in total. The van der Waals surface area contributed by atoms with Gasteiger partial charge >= 0.3 is 5.76 Å². The maximum absolute atomic E-state index is 10.8. The molecule has 0 saturated carbocycles. The number of aromatic amines is 1. The minimum absolute atomic E-state index is 0.0297. The van der Waals surface area contributed by atoms with Crippen LogP contribution in [-0.2, 0) is 0 Å². The van der Waals surface area contributed by atoms with Gasteiger partial charge in [0.2, 0.25) is 0 Å². The molecular weight excluding hydrogens is 196 g/mol. The number of hydrogen-bond donors (Lipinski definition) is 2. The lowest BCUT2D eigenvalue weighted by molar-refractivity contribution is 0.305. The van der Waals surface area contributed by atoms with Gasteiger partial charge in [-0.15, -0.1) is 0 Å². The van der Waals surface area contributed by atoms with Crippen LogP contribution < -0.4 is 5.76 Å². The van der Waals surface area contributed by atoms with Crippen LogP contribution in [0.1, 0.15) is 12.0 Å². The van der Waals surface area contributed by atoms with Gasteiger partial charge in [-0.2, -0.15) is 0 Å². The number of fused-ring (bicyclic) bond motifs is 1. The van der Waals surface area contributed by atoms with Gasteiger partial charge in [0.15, 0.2) is 11.2 Å². The van der Waals surface area contributed by atoms with E-state index in [2.05, 4.69) is 21.8 Å². The van der Waals surface area contributed by atoms with E-state index in [9.17, 15) is 4.79 Å². The van der Waals surface area contributed by atoms with Crippen molar-refractivity contribution in [3.05, 3.63) is 28.4 Å². The molecule has 5 heteroatoms. The Kier molecular flexibility index (Phi) is 2.52. The normalized spacial score (nSPS) is 9.93. The number of oxazole rings is 1. The van der Waals surface area contributed by atoms with Crippen molar-refractivity contribution in [1.82, 2.24) is 9.97 Å². The van der Waals surface area contributed by atoms with Crippen LogP contribution in [0.15, 0.2) is 21.5 Å². The van der Waals surface area contributed by atoms with Gasteiger partial charge in [0.05, 0.1) is 6.61 Å². The van der Waals surface area contributed by atoms with Crippen LogP contribution in [0.3, 0.4) is 0 Å². The Balaban J connectivity index is 2.39. The third-order valence-electron chi connectivity index (χ3n) is 1.75. The van der Waals surface area contributed by atoms with Gasteiger partial charge in [0, 0.05) is 24.2 Å². The number of H-pyrrole nitrogens is 1. The minimum atomic E-state index is -0.530. The van der Waals surface area contributed by atoms with Crippen molar-refractivity contribution in [1.29, 1.82) is 0 Å². The molecule has 0 radical (unpaired) electrons. The lowest BCUT2D eigenvalue weighted by atomic mass is 10.2. The number of hydrogen-bond acceptors (Lipinski definition) is 4. The number of aliphatic hydroxyl groups excluding tert-OH is 1.